The summed E-state index contributed by atoms with van der Waals surface area (Å²) in [5.74, 6) is 4.17. The van der Waals surface area contributed by atoms with Crippen LogP contribution in [0.25, 0.3) is 0 Å². The van der Waals surface area contributed by atoms with E-state index in [1.54, 1.807) is 0 Å². The largest absolute Gasteiger partial charge is 0.502 e. The fourth-order valence-corrected chi connectivity index (χ4v) is 11.2. The Balaban J connectivity index is 1.18. The normalized spacial score (nSPS) is 32.5. The number of hydrogen-bond acceptors (Lipinski definition) is 3. The lowest BCUT2D eigenvalue weighted by Gasteiger charge is -2.58. The second kappa shape index (κ2) is 19.2. The zero-order chi connectivity index (χ0) is 34.6. The van der Waals surface area contributed by atoms with Gasteiger partial charge in [0.05, 0.1) is 0 Å². The predicted molar refractivity (Wildman–Crippen MR) is 204 cm³/mol. The van der Waals surface area contributed by atoms with E-state index in [1.807, 2.05) is 6.08 Å². The number of aliphatic hydroxyl groups excluding tert-OH is 1. The third-order valence-corrected chi connectivity index (χ3v) is 14.1. The summed E-state index contributed by atoms with van der Waals surface area (Å²) in [6, 6.07) is 0. The predicted octanol–water partition coefficient (Wildman–Crippen LogP) is 13.6. The zero-order valence-electron chi connectivity index (χ0n) is 32.4. The smallest absolute Gasteiger partial charge is 0.373 e. The standard InChI is InChI=1S/C45H76O3/c1-7-8-9-10-11-12-13-14-15-16-17-18-19-20-24-42(46)43(47)48-37-29-31-44(5)36(33-37)25-26-38-40-28-27-39(35(4)23-21-22-34(2)3)45(40,6)32-30-41(38)44/h19-20,24-25,34-35,37-41,46H,7-18,21-23,26-33H2,1-6H3/b20-19+,42-24-/t35-,37+,38+,39-,40+,41+,44+,45-/m1/s1. The summed E-state index contributed by atoms with van der Waals surface area (Å²) in [6.07, 6.45) is 37.5. The minimum atomic E-state index is -0.565. The number of aliphatic hydroxyl groups is 1. The minimum Gasteiger partial charge on any atom is -0.502 e. The molecule has 4 aliphatic carbocycles. The van der Waals surface area contributed by atoms with E-state index < -0.39 is 5.97 Å². The number of esters is 1. The van der Waals surface area contributed by atoms with E-state index in [9.17, 15) is 9.90 Å². The first-order chi connectivity index (χ1) is 23.1. The van der Waals surface area contributed by atoms with Gasteiger partial charge < -0.3 is 9.84 Å². The van der Waals surface area contributed by atoms with E-state index in [0.29, 0.717) is 5.41 Å². The number of hydrogen-bond donors (Lipinski definition) is 1. The van der Waals surface area contributed by atoms with Crippen molar-refractivity contribution in [2.24, 2.45) is 46.3 Å². The van der Waals surface area contributed by atoms with Crippen molar-refractivity contribution in [1.29, 1.82) is 0 Å². The molecule has 0 unspecified atom stereocenters. The molecule has 3 nitrogen and oxygen atoms in total. The van der Waals surface area contributed by atoms with E-state index in [0.717, 1.165) is 61.2 Å². The Kier molecular flexibility index (Phi) is 15.7. The van der Waals surface area contributed by atoms with Crippen LogP contribution in [0.3, 0.4) is 0 Å². The molecule has 0 aromatic rings. The molecule has 48 heavy (non-hydrogen) atoms. The quantitative estimate of drug-likeness (QED) is 0.0352. The highest BCUT2D eigenvalue weighted by atomic mass is 16.6. The maximum atomic E-state index is 12.8. The molecule has 4 aliphatic rings. The van der Waals surface area contributed by atoms with Gasteiger partial charge in [-0.2, -0.15) is 0 Å². The van der Waals surface area contributed by atoms with Crippen molar-refractivity contribution in [2.45, 2.75) is 195 Å². The fraction of sp³-hybridized carbons (Fsp3) is 0.844. The van der Waals surface area contributed by atoms with E-state index in [-0.39, 0.29) is 17.3 Å². The lowest BCUT2D eigenvalue weighted by atomic mass is 9.47. The van der Waals surface area contributed by atoms with Gasteiger partial charge in [-0.3, -0.25) is 0 Å². The summed E-state index contributed by atoms with van der Waals surface area (Å²) in [4.78, 5) is 12.8. The molecule has 0 amide bonds. The molecule has 0 heterocycles. The van der Waals surface area contributed by atoms with Crippen LogP contribution in [0.4, 0.5) is 0 Å². The van der Waals surface area contributed by atoms with Crippen LogP contribution < -0.4 is 0 Å². The monoisotopic (exact) mass is 665 g/mol. The third-order valence-electron chi connectivity index (χ3n) is 14.1. The summed E-state index contributed by atoms with van der Waals surface area (Å²) in [5, 5.41) is 10.4. The van der Waals surface area contributed by atoms with Crippen molar-refractivity contribution in [2.75, 3.05) is 0 Å². The topological polar surface area (TPSA) is 46.5 Å². The van der Waals surface area contributed by atoms with Crippen LogP contribution in [0.1, 0.15) is 189 Å². The van der Waals surface area contributed by atoms with Gasteiger partial charge in [0.15, 0.2) is 0 Å². The Labute approximate surface area is 297 Å². The van der Waals surface area contributed by atoms with Crippen molar-refractivity contribution >= 4 is 5.97 Å². The first-order valence-electron chi connectivity index (χ1n) is 21.1. The molecule has 3 fully saturated rings. The molecule has 0 spiro atoms. The van der Waals surface area contributed by atoms with Crippen LogP contribution in [0.5, 0.6) is 0 Å². The average Bonchev–Trinajstić information content (AvgIpc) is 3.42. The fourth-order valence-electron chi connectivity index (χ4n) is 11.2. The van der Waals surface area contributed by atoms with Crippen molar-refractivity contribution in [1.82, 2.24) is 0 Å². The second-order valence-corrected chi connectivity index (χ2v) is 17.9. The van der Waals surface area contributed by atoms with Crippen LogP contribution in [-0.4, -0.2) is 17.2 Å². The van der Waals surface area contributed by atoms with Crippen molar-refractivity contribution in [3.63, 3.8) is 0 Å². The maximum absolute atomic E-state index is 12.8. The van der Waals surface area contributed by atoms with Crippen molar-refractivity contribution < 1.29 is 14.6 Å². The Morgan fingerprint density at radius 1 is 0.875 bits per heavy atom. The van der Waals surface area contributed by atoms with Crippen LogP contribution in [-0.2, 0) is 9.53 Å². The molecule has 0 bridgehead atoms. The molecule has 0 aromatic carbocycles. The molecule has 274 valence electrons. The summed E-state index contributed by atoms with van der Waals surface area (Å²) in [6.45, 7) is 14.8. The number of fused-ring (bicyclic) bond motifs is 5. The first-order valence-corrected chi connectivity index (χ1v) is 21.1. The van der Waals surface area contributed by atoms with E-state index in [4.69, 9.17) is 4.74 Å². The summed E-state index contributed by atoms with van der Waals surface area (Å²) in [5.41, 5.74) is 2.28. The van der Waals surface area contributed by atoms with Crippen LogP contribution >= 0.6 is 0 Å². The number of carbonyl (C=O) groups excluding carboxylic acids is 1. The highest BCUT2D eigenvalue weighted by molar-refractivity contribution is 5.86. The second-order valence-electron chi connectivity index (χ2n) is 17.9. The molecule has 3 heteroatoms. The molecule has 0 aromatic heterocycles. The van der Waals surface area contributed by atoms with Gasteiger partial charge in [0, 0.05) is 6.42 Å². The molecule has 8 atom stereocenters. The molecular weight excluding hydrogens is 588 g/mol. The number of allylic oxidation sites excluding steroid dienone is 4. The highest BCUT2D eigenvalue weighted by Gasteiger charge is 2.59. The van der Waals surface area contributed by atoms with Gasteiger partial charge in [-0.15, -0.1) is 0 Å². The number of ether oxygens (including phenoxy) is 1. The average molecular weight is 665 g/mol. The highest BCUT2D eigenvalue weighted by Crippen LogP contribution is 2.67. The van der Waals surface area contributed by atoms with Crippen molar-refractivity contribution in [3.8, 4) is 0 Å². The van der Waals surface area contributed by atoms with Crippen LogP contribution in [0, 0.1) is 46.3 Å². The lowest BCUT2D eigenvalue weighted by Crippen LogP contribution is -2.51. The lowest BCUT2D eigenvalue weighted by molar-refractivity contribution is -0.149. The molecule has 1 N–H and O–H groups in total. The summed E-state index contributed by atoms with van der Waals surface area (Å²) < 4.78 is 5.89. The Hall–Kier alpha value is -1.51. The third kappa shape index (κ3) is 10.3. The van der Waals surface area contributed by atoms with Gasteiger partial charge in [-0.1, -0.05) is 149 Å². The minimum absolute atomic E-state index is 0.124. The maximum Gasteiger partial charge on any atom is 0.373 e. The SMILES string of the molecule is CCCCCCCCCCCCC/C=C/C=C(\O)C(=O)O[C@H]1CC[C@@]2(C)C(=CC[C@H]3[C@@H]4CC[C@H]([C@H](C)CCCC(C)C)[C@@]4(C)CC[C@@H]32)C1. The number of unbranched alkanes of at least 4 members (excludes halogenated alkanes) is 11. The van der Waals surface area contributed by atoms with Gasteiger partial charge in [-0.05, 0) is 110 Å². The van der Waals surface area contributed by atoms with Gasteiger partial charge in [-0.25, -0.2) is 4.79 Å². The number of rotatable bonds is 20. The van der Waals surface area contributed by atoms with Gasteiger partial charge in [0.2, 0.25) is 5.76 Å². The molecule has 0 radical (unpaired) electrons. The molecule has 0 saturated heterocycles. The molecule has 4 rings (SSSR count). The molecule has 0 aliphatic heterocycles. The molecule has 3 saturated carbocycles. The Morgan fingerprint density at radius 2 is 1.56 bits per heavy atom. The van der Waals surface area contributed by atoms with Crippen LogP contribution in [0.2, 0.25) is 0 Å². The zero-order valence-corrected chi connectivity index (χ0v) is 32.4. The van der Waals surface area contributed by atoms with Gasteiger partial charge in [0.25, 0.3) is 0 Å². The van der Waals surface area contributed by atoms with E-state index in [1.165, 1.54) is 134 Å². The molecular formula is C45H76O3. The Bertz CT molecular complexity index is 1070. The summed E-state index contributed by atoms with van der Waals surface area (Å²) >= 11 is 0. The summed E-state index contributed by atoms with van der Waals surface area (Å²) in [7, 11) is 0. The van der Waals surface area contributed by atoms with Gasteiger partial charge in [0.1, 0.15) is 6.10 Å². The van der Waals surface area contributed by atoms with Gasteiger partial charge >= 0.3 is 5.97 Å². The van der Waals surface area contributed by atoms with E-state index >= 15 is 0 Å². The van der Waals surface area contributed by atoms with Crippen LogP contribution in [0.15, 0.2) is 35.6 Å². The first kappa shape index (κ1) is 39.3. The Morgan fingerprint density at radius 3 is 2.25 bits per heavy atom. The number of carbonyl (C=O) groups is 1. The van der Waals surface area contributed by atoms with Crippen molar-refractivity contribution in [3.05, 3.63) is 35.6 Å². The van der Waals surface area contributed by atoms with E-state index in [2.05, 4.69) is 53.7 Å².